The van der Waals surface area contributed by atoms with Crippen LogP contribution in [0.25, 0.3) is 0 Å². The molecule has 0 aliphatic carbocycles. The first-order valence-corrected chi connectivity index (χ1v) is 8.01. The lowest BCUT2D eigenvalue weighted by Gasteiger charge is -2.18. The Morgan fingerprint density at radius 1 is 1.20 bits per heavy atom. The molecule has 0 bridgehead atoms. The van der Waals surface area contributed by atoms with Gasteiger partial charge in [0.2, 0.25) is 0 Å². The van der Waals surface area contributed by atoms with Crippen LogP contribution in [0.5, 0.6) is 0 Å². The number of β-amino-alcohol motifs (C(OH)–C–C–N with tert-alkyl or cyclic N) is 1. The Kier molecular flexibility index (Phi) is 5.20. The molecular formula is C15H19NO3S. The van der Waals surface area contributed by atoms with Crippen molar-refractivity contribution in [2.24, 2.45) is 0 Å². The van der Waals surface area contributed by atoms with E-state index in [9.17, 15) is 14.7 Å². The summed E-state index contributed by atoms with van der Waals surface area (Å²) >= 11 is 1.66. The molecule has 1 aromatic rings. The Morgan fingerprint density at radius 3 is 2.35 bits per heavy atom. The number of aliphatic hydroxyl groups excluding tert-OH is 1. The number of hydrogen-bond donors (Lipinski definition) is 1. The van der Waals surface area contributed by atoms with Crippen LogP contribution in [0.2, 0.25) is 0 Å². The van der Waals surface area contributed by atoms with Gasteiger partial charge in [-0.05, 0) is 24.3 Å². The van der Waals surface area contributed by atoms with Crippen LogP contribution >= 0.6 is 11.8 Å². The van der Waals surface area contributed by atoms with Crippen molar-refractivity contribution in [1.29, 1.82) is 0 Å². The Hall–Kier alpha value is -1.33. The molecule has 0 saturated heterocycles. The minimum Gasteiger partial charge on any atom is -0.390 e. The van der Waals surface area contributed by atoms with Crippen molar-refractivity contribution in [3.8, 4) is 0 Å². The van der Waals surface area contributed by atoms with Gasteiger partial charge in [0.25, 0.3) is 11.8 Å². The van der Waals surface area contributed by atoms with Gasteiger partial charge in [0.15, 0.2) is 0 Å². The minimum atomic E-state index is -0.668. The van der Waals surface area contributed by atoms with Crippen LogP contribution in [-0.2, 0) is 0 Å². The summed E-state index contributed by atoms with van der Waals surface area (Å²) in [5.74, 6) is 0.940. The Balaban J connectivity index is 1.91. The molecule has 0 fully saturated rings. The van der Waals surface area contributed by atoms with Gasteiger partial charge in [-0.2, -0.15) is 11.8 Å². The molecule has 0 saturated carbocycles. The fourth-order valence-corrected chi connectivity index (χ4v) is 3.17. The van der Waals surface area contributed by atoms with Crippen molar-refractivity contribution >= 4 is 23.6 Å². The van der Waals surface area contributed by atoms with E-state index >= 15 is 0 Å². The van der Waals surface area contributed by atoms with Gasteiger partial charge in [0.1, 0.15) is 0 Å². The number of fused-ring (bicyclic) bond motifs is 1. The summed E-state index contributed by atoms with van der Waals surface area (Å²) in [6.07, 6.45) is 1.57. The molecule has 1 heterocycles. The maximum atomic E-state index is 12.1. The summed E-state index contributed by atoms with van der Waals surface area (Å²) in [6.45, 7) is 2.20. The molecule has 4 nitrogen and oxygen atoms in total. The predicted molar refractivity (Wildman–Crippen MR) is 80.0 cm³/mol. The van der Waals surface area contributed by atoms with E-state index in [1.807, 2.05) is 0 Å². The number of benzene rings is 1. The maximum absolute atomic E-state index is 12.1. The summed E-state index contributed by atoms with van der Waals surface area (Å²) in [7, 11) is 0. The normalized spacial score (nSPS) is 15.6. The molecule has 1 aliphatic heterocycles. The zero-order valence-electron chi connectivity index (χ0n) is 11.5. The number of carbonyl (C=O) groups is 2. The molecule has 1 unspecified atom stereocenters. The van der Waals surface area contributed by atoms with Gasteiger partial charge in [-0.3, -0.25) is 14.5 Å². The van der Waals surface area contributed by atoms with Gasteiger partial charge in [-0.1, -0.05) is 25.5 Å². The van der Waals surface area contributed by atoms with Crippen LogP contribution in [0.4, 0.5) is 0 Å². The van der Waals surface area contributed by atoms with E-state index < -0.39 is 6.10 Å². The highest BCUT2D eigenvalue weighted by atomic mass is 32.2. The number of aliphatic hydroxyl groups is 1. The van der Waals surface area contributed by atoms with E-state index in [1.165, 1.54) is 0 Å². The molecule has 1 aromatic carbocycles. The Bertz CT molecular complexity index is 469. The molecule has 2 rings (SSSR count). The molecule has 1 N–H and O–H groups in total. The summed E-state index contributed by atoms with van der Waals surface area (Å²) in [6, 6.07) is 6.78. The topological polar surface area (TPSA) is 57.6 Å². The molecule has 5 heteroatoms. The SMILES string of the molecule is CCCCSCC(O)CN1C(=O)c2ccccc2C1=O. The molecule has 20 heavy (non-hydrogen) atoms. The smallest absolute Gasteiger partial charge is 0.261 e. The van der Waals surface area contributed by atoms with Crippen LogP contribution in [-0.4, -0.2) is 46.0 Å². The number of carbonyl (C=O) groups excluding carboxylic acids is 2. The molecule has 0 radical (unpaired) electrons. The lowest BCUT2D eigenvalue weighted by Crippen LogP contribution is -2.37. The van der Waals surface area contributed by atoms with Gasteiger partial charge < -0.3 is 5.11 Å². The van der Waals surface area contributed by atoms with Gasteiger partial charge >= 0.3 is 0 Å². The van der Waals surface area contributed by atoms with Crippen molar-refractivity contribution in [2.75, 3.05) is 18.1 Å². The van der Waals surface area contributed by atoms with E-state index in [0.29, 0.717) is 16.9 Å². The summed E-state index contributed by atoms with van der Waals surface area (Å²) in [5.41, 5.74) is 0.867. The highest BCUT2D eigenvalue weighted by Gasteiger charge is 2.35. The third kappa shape index (κ3) is 3.22. The monoisotopic (exact) mass is 293 g/mol. The fraction of sp³-hybridized carbons (Fsp3) is 0.467. The average molecular weight is 293 g/mol. The van der Waals surface area contributed by atoms with Crippen LogP contribution in [0.1, 0.15) is 40.5 Å². The van der Waals surface area contributed by atoms with Crippen LogP contribution < -0.4 is 0 Å². The van der Waals surface area contributed by atoms with E-state index in [-0.39, 0.29) is 18.4 Å². The highest BCUT2D eigenvalue weighted by Crippen LogP contribution is 2.22. The zero-order chi connectivity index (χ0) is 14.5. The Labute approximate surface area is 123 Å². The lowest BCUT2D eigenvalue weighted by atomic mass is 10.1. The first kappa shape index (κ1) is 15.1. The van der Waals surface area contributed by atoms with Crippen molar-refractivity contribution < 1.29 is 14.7 Å². The number of thioether (sulfide) groups is 1. The summed E-state index contributed by atoms with van der Waals surface area (Å²) < 4.78 is 0. The first-order valence-electron chi connectivity index (χ1n) is 6.86. The van der Waals surface area contributed by atoms with Gasteiger partial charge in [0, 0.05) is 5.75 Å². The predicted octanol–water partition coefficient (Wildman–Crippen LogP) is 2.18. The van der Waals surface area contributed by atoms with E-state index in [2.05, 4.69) is 6.92 Å². The van der Waals surface area contributed by atoms with Crippen molar-refractivity contribution in [2.45, 2.75) is 25.9 Å². The minimum absolute atomic E-state index is 0.0749. The Morgan fingerprint density at radius 2 is 1.80 bits per heavy atom. The standard InChI is InChI=1S/C15H19NO3S/c1-2-3-8-20-10-11(17)9-16-14(18)12-6-4-5-7-13(12)15(16)19/h4-7,11,17H,2-3,8-10H2,1H3. The van der Waals surface area contributed by atoms with E-state index in [0.717, 1.165) is 23.5 Å². The van der Waals surface area contributed by atoms with Crippen molar-refractivity contribution in [3.63, 3.8) is 0 Å². The highest BCUT2D eigenvalue weighted by molar-refractivity contribution is 7.99. The third-order valence-corrected chi connectivity index (χ3v) is 4.42. The molecule has 0 aromatic heterocycles. The molecule has 1 aliphatic rings. The van der Waals surface area contributed by atoms with Crippen LogP contribution in [0.3, 0.4) is 0 Å². The van der Waals surface area contributed by atoms with Crippen molar-refractivity contribution in [1.82, 2.24) is 4.90 Å². The van der Waals surface area contributed by atoms with Crippen LogP contribution in [0.15, 0.2) is 24.3 Å². The zero-order valence-corrected chi connectivity index (χ0v) is 12.4. The molecule has 0 spiro atoms. The molecular weight excluding hydrogens is 274 g/mol. The van der Waals surface area contributed by atoms with Crippen molar-refractivity contribution in [3.05, 3.63) is 35.4 Å². The lowest BCUT2D eigenvalue weighted by molar-refractivity contribution is 0.0567. The molecule has 1 atom stereocenters. The molecule has 2 amide bonds. The number of rotatable bonds is 7. The van der Waals surface area contributed by atoms with Gasteiger partial charge in [-0.25, -0.2) is 0 Å². The second-order valence-corrected chi connectivity index (χ2v) is 6.00. The maximum Gasteiger partial charge on any atom is 0.261 e. The number of amides is 2. The number of imide groups is 1. The van der Waals surface area contributed by atoms with Gasteiger partial charge in [0.05, 0.1) is 23.8 Å². The number of nitrogens with zero attached hydrogens (tertiary/aromatic N) is 1. The second kappa shape index (κ2) is 6.90. The van der Waals surface area contributed by atoms with E-state index in [4.69, 9.17) is 0 Å². The second-order valence-electron chi connectivity index (χ2n) is 4.85. The quantitative estimate of drug-likeness (QED) is 0.618. The fourth-order valence-electron chi connectivity index (χ4n) is 2.13. The number of hydrogen-bond acceptors (Lipinski definition) is 4. The van der Waals surface area contributed by atoms with E-state index in [1.54, 1.807) is 36.0 Å². The number of unbranched alkanes of at least 4 members (excludes halogenated alkanes) is 1. The van der Waals surface area contributed by atoms with Crippen LogP contribution in [0, 0.1) is 0 Å². The third-order valence-electron chi connectivity index (χ3n) is 3.22. The van der Waals surface area contributed by atoms with Gasteiger partial charge in [-0.15, -0.1) is 0 Å². The molecule has 108 valence electrons. The largest absolute Gasteiger partial charge is 0.390 e. The summed E-state index contributed by atoms with van der Waals surface area (Å²) in [4.78, 5) is 25.4. The first-order chi connectivity index (χ1) is 9.65. The summed E-state index contributed by atoms with van der Waals surface area (Å²) in [5, 5.41) is 9.96. The average Bonchev–Trinajstić information content (AvgIpc) is 2.69.